The molecule has 0 fully saturated rings. The van der Waals surface area contributed by atoms with Crippen molar-refractivity contribution in [1.82, 2.24) is 0 Å². The Morgan fingerprint density at radius 1 is 0.375 bits per heavy atom. The van der Waals surface area contributed by atoms with E-state index >= 15 is 0 Å². The number of fused-ring (bicyclic) bond motifs is 8. The third-order valence-corrected chi connectivity index (χ3v) is 11.3. The summed E-state index contributed by atoms with van der Waals surface area (Å²) in [5.74, 6) is 0. The number of benzene rings is 4. The molecule has 0 aliphatic heterocycles. The largest absolute Gasteiger partial charge is 0.134 e. The molecule has 0 aliphatic rings. The van der Waals surface area contributed by atoms with Gasteiger partial charge in [0.25, 0.3) is 0 Å². The van der Waals surface area contributed by atoms with Gasteiger partial charge in [-0.25, -0.2) is 0 Å². The Morgan fingerprint density at radius 2 is 0.781 bits per heavy atom. The predicted molar refractivity (Wildman–Crippen MR) is 148 cm³/mol. The van der Waals surface area contributed by atoms with Gasteiger partial charge >= 0.3 is 0 Å². The average molecular weight is 479 g/mol. The van der Waals surface area contributed by atoms with Crippen LogP contribution in [0.3, 0.4) is 0 Å². The van der Waals surface area contributed by atoms with Crippen molar-refractivity contribution >= 4 is 106 Å². The standard InChI is InChI=1S/C28H14S4/c1-3-7-17-11-21-19(9-15(17)5-1)27-25(29-21)13-23(31-27)24-14-26-28(32-24)20-10-16-6-2-4-8-18(16)12-22(20)30-26/h1-14H. The summed E-state index contributed by atoms with van der Waals surface area (Å²) in [5.41, 5.74) is 0. The minimum atomic E-state index is 1.32. The Balaban J connectivity index is 1.32. The van der Waals surface area contributed by atoms with Crippen LogP contribution in [0.25, 0.3) is 70.3 Å². The van der Waals surface area contributed by atoms with Crippen molar-refractivity contribution in [1.29, 1.82) is 0 Å². The fourth-order valence-electron chi connectivity index (χ4n) is 4.72. The lowest BCUT2D eigenvalue weighted by molar-refractivity contribution is 1.82. The second-order valence-electron chi connectivity index (χ2n) is 8.20. The summed E-state index contributed by atoms with van der Waals surface area (Å²) in [6, 6.07) is 31.6. The van der Waals surface area contributed by atoms with Crippen molar-refractivity contribution in [3.05, 3.63) is 84.9 Å². The first kappa shape index (κ1) is 17.8. The molecular formula is C28H14S4. The number of rotatable bonds is 1. The number of hydrogen-bond donors (Lipinski definition) is 0. The lowest BCUT2D eigenvalue weighted by atomic mass is 10.1. The maximum absolute atomic E-state index is 2.41. The van der Waals surface area contributed by atoms with E-state index in [9.17, 15) is 0 Å². The highest BCUT2D eigenvalue weighted by atomic mass is 32.1. The van der Waals surface area contributed by atoms with E-state index in [1.165, 1.54) is 70.3 Å². The summed E-state index contributed by atoms with van der Waals surface area (Å²) < 4.78 is 8.45. The fraction of sp³-hybridized carbons (Fsp3) is 0. The van der Waals surface area contributed by atoms with E-state index in [0.717, 1.165) is 0 Å². The molecule has 32 heavy (non-hydrogen) atoms. The molecule has 0 nitrogen and oxygen atoms in total. The Morgan fingerprint density at radius 3 is 1.22 bits per heavy atom. The maximum atomic E-state index is 2.41. The fourth-order valence-corrected chi connectivity index (χ4v) is 9.88. The van der Waals surface area contributed by atoms with Crippen molar-refractivity contribution in [2.24, 2.45) is 0 Å². The molecule has 0 aliphatic carbocycles. The van der Waals surface area contributed by atoms with E-state index in [1.54, 1.807) is 0 Å². The van der Waals surface area contributed by atoms with Crippen molar-refractivity contribution in [3.8, 4) is 9.75 Å². The van der Waals surface area contributed by atoms with Gasteiger partial charge in [0.2, 0.25) is 0 Å². The lowest BCUT2D eigenvalue weighted by Gasteiger charge is -1.98. The van der Waals surface area contributed by atoms with Gasteiger partial charge in [-0.15, -0.1) is 45.3 Å². The highest BCUT2D eigenvalue weighted by Gasteiger charge is 2.16. The zero-order valence-corrected chi connectivity index (χ0v) is 20.0. The molecule has 4 aromatic heterocycles. The van der Waals surface area contributed by atoms with Crippen molar-refractivity contribution in [2.75, 3.05) is 0 Å². The van der Waals surface area contributed by atoms with Crippen LogP contribution in [-0.4, -0.2) is 0 Å². The zero-order valence-electron chi connectivity index (χ0n) is 16.7. The van der Waals surface area contributed by atoms with E-state index in [-0.39, 0.29) is 0 Å². The zero-order chi connectivity index (χ0) is 20.8. The third kappa shape index (κ3) is 2.46. The first-order valence-electron chi connectivity index (χ1n) is 10.5. The van der Waals surface area contributed by atoms with Gasteiger partial charge in [-0.2, -0.15) is 0 Å². The molecule has 4 aromatic carbocycles. The SMILES string of the molecule is c1ccc2cc3c(cc2c1)sc1cc(-c2cc4sc5cc6ccccc6cc5c4s2)sc13. The third-order valence-electron chi connectivity index (χ3n) is 6.26. The minimum Gasteiger partial charge on any atom is -0.134 e. The van der Waals surface area contributed by atoms with E-state index in [1.807, 2.05) is 45.3 Å². The van der Waals surface area contributed by atoms with Gasteiger partial charge in [0.15, 0.2) is 0 Å². The summed E-state index contributed by atoms with van der Waals surface area (Å²) in [6.07, 6.45) is 0. The predicted octanol–water partition coefficient (Wildman–Crippen LogP) is 10.5. The van der Waals surface area contributed by atoms with Gasteiger partial charge in [0, 0.05) is 39.3 Å². The first-order chi connectivity index (χ1) is 15.8. The number of thiophene rings is 4. The molecule has 0 amide bonds. The van der Waals surface area contributed by atoms with Crippen LogP contribution in [0.4, 0.5) is 0 Å². The van der Waals surface area contributed by atoms with Crippen LogP contribution in [0.2, 0.25) is 0 Å². The van der Waals surface area contributed by atoms with Gasteiger partial charge in [-0.05, 0) is 57.9 Å². The Kier molecular flexibility index (Phi) is 3.55. The Bertz CT molecular complexity index is 1840. The second kappa shape index (κ2) is 6.40. The smallest absolute Gasteiger partial charge is 0.0536 e. The molecule has 0 saturated heterocycles. The molecule has 4 heterocycles. The highest BCUT2D eigenvalue weighted by Crippen LogP contribution is 2.49. The van der Waals surface area contributed by atoms with E-state index < -0.39 is 0 Å². The average Bonchev–Trinajstić information content (AvgIpc) is 3.55. The van der Waals surface area contributed by atoms with Gasteiger partial charge in [-0.1, -0.05) is 48.5 Å². The van der Waals surface area contributed by atoms with Crippen LogP contribution >= 0.6 is 45.3 Å². The Hall–Kier alpha value is -2.76. The van der Waals surface area contributed by atoms with E-state index in [0.29, 0.717) is 0 Å². The van der Waals surface area contributed by atoms with Crippen molar-refractivity contribution < 1.29 is 0 Å². The summed E-state index contributed by atoms with van der Waals surface area (Å²) in [4.78, 5) is 2.78. The van der Waals surface area contributed by atoms with E-state index in [4.69, 9.17) is 0 Å². The molecule has 0 unspecified atom stereocenters. The van der Waals surface area contributed by atoms with Crippen LogP contribution in [0.1, 0.15) is 0 Å². The molecule has 0 atom stereocenters. The van der Waals surface area contributed by atoms with Crippen LogP contribution in [0, 0.1) is 0 Å². The summed E-state index contributed by atoms with van der Waals surface area (Å²) in [5, 5.41) is 8.10. The van der Waals surface area contributed by atoms with Crippen molar-refractivity contribution in [2.45, 2.75) is 0 Å². The summed E-state index contributed by atoms with van der Waals surface area (Å²) >= 11 is 7.74. The highest BCUT2D eigenvalue weighted by molar-refractivity contribution is 7.37. The van der Waals surface area contributed by atoms with Crippen LogP contribution in [0.5, 0.6) is 0 Å². The first-order valence-corrected chi connectivity index (χ1v) is 13.8. The van der Waals surface area contributed by atoms with E-state index in [2.05, 4.69) is 84.9 Å². The van der Waals surface area contributed by atoms with Crippen LogP contribution in [0.15, 0.2) is 84.9 Å². The molecule has 0 saturated carbocycles. The number of hydrogen-bond acceptors (Lipinski definition) is 4. The molecule has 150 valence electrons. The molecule has 8 rings (SSSR count). The molecule has 0 spiro atoms. The Labute approximate surface area is 199 Å². The molecular weight excluding hydrogens is 465 g/mol. The van der Waals surface area contributed by atoms with Crippen LogP contribution in [-0.2, 0) is 0 Å². The molecule has 0 bridgehead atoms. The quantitative estimate of drug-likeness (QED) is 0.220. The molecule has 8 aromatic rings. The summed E-state index contributed by atoms with van der Waals surface area (Å²) in [6.45, 7) is 0. The molecule has 4 heteroatoms. The summed E-state index contributed by atoms with van der Waals surface area (Å²) in [7, 11) is 0. The minimum absolute atomic E-state index is 1.32. The van der Waals surface area contributed by atoms with Gasteiger partial charge in [-0.3, -0.25) is 0 Å². The topological polar surface area (TPSA) is 0 Å². The second-order valence-corrected chi connectivity index (χ2v) is 12.5. The maximum Gasteiger partial charge on any atom is 0.0536 e. The normalized spacial score (nSPS) is 12.4. The molecule has 0 N–H and O–H groups in total. The van der Waals surface area contributed by atoms with Gasteiger partial charge < -0.3 is 0 Å². The van der Waals surface area contributed by atoms with Crippen molar-refractivity contribution in [3.63, 3.8) is 0 Å². The van der Waals surface area contributed by atoms with Gasteiger partial charge in [0.05, 0.1) is 9.40 Å². The monoisotopic (exact) mass is 478 g/mol. The van der Waals surface area contributed by atoms with Crippen LogP contribution < -0.4 is 0 Å². The van der Waals surface area contributed by atoms with Gasteiger partial charge in [0.1, 0.15) is 0 Å². The molecule has 0 radical (unpaired) electrons. The lowest BCUT2D eigenvalue weighted by Crippen LogP contribution is -1.70.